The van der Waals surface area contributed by atoms with E-state index in [1.54, 1.807) is 7.11 Å². The SMILES string of the molecule is COc1ccc2c(c1)CCC(Cl)(c1ccccc1)C(Cl)=N2. The van der Waals surface area contributed by atoms with Gasteiger partial charge < -0.3 is 4.74 Å². The maximum atomic E-state index is 6.83. The Labute approximate surface area is 134 Å². The molecule has 0 radical (unpaired) electrons. The van der Waals surface area contributed by atoms with Crippen molar-refractivity contribution >= 4 is 34.1 Å². The third-order valence-electron chi connectivity index (χ3n) is 3.80. The van der Waals surface area contributed by atoms with Crippen LogP contribution in [0.4, 0.5) is 5.69 Å². The summed E-state index contributed by atoms with van der Waals surface area (Å²) in [6.45, 7) is 0. The van der Waals surface area contributed by atoms with E-state index in [-0.39, 0.29) is 0 Å². The average Bonchev–Trinajstić information content (AvgIpc) is 2.66. The van der Waals surface area contributed by atoms with E-state index in [9.17, 15) is 0 Å². The van der Waals surface area contributed by atoms with Crippen molar-refractivity contribution in [1.29, 1.82) is 0 Å². The predicted octanol–water partition coefficient (Wildman–Crippen LogP) is 5.04. The number of methoxy groups -OCH3 is 1. The van der Waals surface area contributed by atoms with Crippen LogP contribution in [0.1, 0.15) is 17.5 Å². The number of halogens is 2. The van der Waals surface area contributed by atoms with Crippen LogP contribution in [0.5, 0.6) is 5.75 Å². The first kappa shape index (κ1) is 14.4. The number of aryl methyl sites for hydroxylation is 1. The highest BCUT2D eigenvalue weighted by Crippen LogP contribution is 2.42. The van der Waals surface area contributed by atoms with Gasteiger partial charge in [-0.2, -0.15) is 0 Å². The molecule has 0 saturated heterocycles. The smallest absolute Gasteiger partial charge is 0.132 e. The first-order chi connectivity index (χ1) is 10.1. The van der Waals surface area contributed by atoms with Crippen LogP contribution >= 0.6 is 23.2 Å². The second-order valence-corrected chi connectivity index (χ2v) is 6.07. The van der Waals surface area contributed by atoms with Gasteiger partial charge in [0.05, 0.1) is 12.8 Å². The first-order valence-electron chi connectivity index (χ1n) is 6.79. The summed E-state index contributed by atoms with van der Waals surface area (Å²) in [5.41, 5.74) is 2.94. The Kier molecular flexibility index (Phi) is 3.92. The van der Waals surface area contributed by atoms with E-state index < -0.39 is 4.87 Å². The van der Waals surface area contributed by atoms with Crippen molar-refractivity contribution in [3.8, 4) is 5.75 Å². The summed E-state index contributed by atoms with van der Waals surface area (Å²) in [6.07, 6.45) is 1.49. The molecule has 0 aromatic heterocycles. The molecule has 1 aliphatic heterocycles. The standard InChI is InChI=1S/C17H15Cl2NO/c1-21-14-7-8-15-12(11-14)9-10-17(19,16(18)20-15)13-5-3-2-4-6-13/h2-8,11H,9-10H2,1H3. The second-order valence-electron chi connectivity index (χ2n) is 5.06. The Balaban J connectivity index is 2.04. The minimum Gasteiger partial charge on any atom is -0.497 e. The van der Waals surface area contributed by atoms with E-state index in [1.165, 1.54) is 0 Å². The Bertz CT molecular complexity index is 684. The fourth-order valence-electron chi connectivity index (χ4n) is 2.57. The van der Waals surface area contributed by atoms with Gasteiger partial charge in [0.1, 0.15) is 15.8 Å². The van der Waals surface area contributed by atoms with Gasteiger partial charge in [0.25, 0.3) is 0 Å². The molecule has 2 nitrogen and oxygen atoms in total. The lowest BCUT2D eigenvalue weighted by atomic mass is 9.93. The van der Waals surface area contributed by atoms with Crippen molar-refractivity contribution < 1.29 is 4.74 Å². The fourth-order valence-corrected chi connectivity index (χ4v) is 3.13. The number of hydrogen-bond donors (Lipinski definition) is 0. The molecule has 1 aliphatic rings. The van der Waals surface area contributed by atoms with E-state index in [4.69, 9.17) is 27.9 Å². The molecule has 3 rings (SSSR count). The number of aliphatic imine (C=N–C) groups is 1. The summed E-state index contributed by atoms with van der Waals surface area (Å²) < 4.78 is 5.27. The maximum absolute atomic E-state index is 6.83. The molecule has 21 heavy (non-hydrogen) atoms. The molecule has 108 valence electrons. The zero-order valence-corrected chi connectivity index (χ0v) is 13.2. The molecule has 2 aromatic rings. The predicted molar refractivity (Wildman–Crippen MR) is 88.2 cm³/mol. The summed E-state index contributed by atoms with van der Waals surface area (Å²) >= 11 is 13.3. The van der Waals surface area contributed by atoms with Gasteiger partial charge in [-0.25, -0.2) is 4.99 Å². The van der Waals surface area contributed by atoms with Crippen LogP contribution in [0.25, 0.3) is 0 Å². The molecular weight excluding hydrogens is 305 g/mol. The van der Waals surface area contributed by atoms with Crippen LogP contribution in [0, 0.1) is 0 Å². The monoisotopic (exact) mass is 319 g/mol. The molecule has 0 spiro atoms. The van der Waals surface area contributed by atoms with E-state index in [2.05, 4.69) is 4.99 Å². The number of nitrogens with zero attached hydrogens (tertiary/aromatic N) is 1. The minimum atomic E-state index is -0.769. The Hall–Kier alpha value is -1.51. The number of fused-ring (bicyclic) bond motifs is 1. The van der Waals surface area contributed by atoms with Crippen LogP contribution in [0.2, 0.25) is 0 Å². The molecule has 0 amide bonds. The molecule has 4 heteroatoms. The van der Waals surface area contributed by atoms with Crippen LogP contribution in [-0.2, 0) is 11.3 Å². The van der Waals surface area contributed by atoms with Crippen molar-refractivity contribution in [3.05, 3.63) is 59.7 Å². The molecular formula is C17H15Cl2NO. The van der Waals surface area contributed by atoms with Crippen molar-refractivity contribution in [1.82, 2.24) is 0 Å². The van der Waals surface area contributed by atoms with Crippen molar-refractivity contribution in [3.63, 3.8) is 0 Å². The number of hydrogen-bond acceptors (Lipinski definition) is 2. The van der Waals surface area contributed by atoms with Crippen molar-refractivity contribution in [2.75, 3.05) is 7.11 Å². The average molecular weight is 320 g/mol. The van der Waals surface area contributed by atoms with E-state index in [1.807, 2.05) is 48.5 Å². The summed E-state index contributed by atoms with van der Waals surface area (Å²) in [7, 11) is 1.66. The maximum Gasteiger partial charge on any atom is 0.132 e. The summed E-state index contributed by atoms with van der Waals surface area (Å²) in [5.74, 6) is 0.821. The van der Waals surface area contributed by atoms with E-state index in [0.29, 0.717) is 11.6 Å². The van der Waals surface area contributed by atoms with Gasteiger partial charge in [0.15, 0.2) is 0 Å². The minimum absolute atomic E-state index is 0.416. The molecule has 0 aliphatic carbocycles. The quantitative estimate of drug-likeness (QED) is 0.710. The zero-order valence-electron chi connectivity index (χ0n) is 11.6. The molecule has 0 saturated carbocycles. The molecule has 1 heterocycles. The highest BCUT2D eigenvalue weighted by atomic mass is 35.5. The summed E-state index contributed by atoms with van der Waals surface area (Å²) in [5, 5.41) is 0.416. The van der Waals surface area contributed by atoms with Crippen LogP contribution in [0.3, 0.4) is 0 Å². The van der Waals surface area contributed by atoms with E-state index in [0.717, 1.165) is 29.0 Å². The third kappa shape index (κ3) is 2.66. The Morgan fingerprint density at radius 2 is 1.90 bits per heavy atom. The highest BCUT2D eigenvalue weighted by molar-refractivity contribution is 6.72. The molecule has 2 aromatic carbocycles. The van der Waals surface area contributed by atoms with Gasteiger partial charge >= 0.3 is 0 Å². The van der Waals surface area contributed by atoms with Gasteiger partial charge in [-0.05, 0) is 42.2 Å². The van der Waals surface area contributed by atoms with Gasteiger partial charge in [-0.3, -0.25) is 0 Å². The lowest BCUT2D eigenvalue weighted by molar-refractivity contribution is 0.414. The van der Waals surface area contributed by atoms with Gasteiger partial charge in [-0.1, -0.05) is 41.9 Å². The largest absolute Gasteiger partial charge is 0.497 e. The van der Waals surface area contributed by atoms with Crippen LogP contribution in [0.15, 0.2) is 53.5 Å². The highest BCUT2D eigenvalue weighted by Gasteiger charge is 2.36. The lowest BCUT2D eigenvalue weighted by Gasteiger charge is -2.24. The van der Waals surface area contributed by atoms with Gasteiger partial charge in [-0.15, -0.1) is 11.6 Å². The van der Waals surface area contributed by atoms with Crippen molar-refractivity contribution in [2.45, 2.75) is 17.7 Å². The van der Waals surface area contributed by atoms with Crippen molar-refractivity contribution in [2.24, 2.45) is 4.99 Å². The fraction of sp³-hybridized carbons (Fsp3) is 0.235. The van der Waals surface area contributed by atoms with Crippen LogP contribution < -0.4 is 4.74 Å². The number of ether oxygens (including phenoxy) is 1. The van der Waals surface area contributed by atoms with Gasteiger partial charge in [0.2, 0.25) is 0 Å². The Morgan fingerprint density at radius 3 is 2.62 bits per heavy atom. The lowest BCUT2D eigenvalue weighted by Crippen LogP contribution is -2.26. The molecule has 1 unspecified atom stereocenters. The molecule has 1 atom stereocenters. The number of alkyl halides is 1. The zero-order chi connectivity index (χ0) is 14.9. The molecule has 0 fully saturated rings. The third-order valence-corrected chi connectivity index (χ3v) is 4.89. The molecule has 0 N–H and O–H groups in total. The van der Waals surface area contributed by atoms with Crippen LogP contribution in [-0.4, -0.2) is 12.3 Å². The van der Waals surface area contributed by atoms with Gasteiger partial charge in [0, 0.05) is 0 Å². The first-order valence-corrected chi connectivity index (χ1v) is 7.55. The summed E-state index contributed by atoms with van der Waals surface area (Å²) in [6, 6.07) is 15.7. The normalized spacial score (nSPS) is 21.2. The molecule has 0 bridgehead atoms. The second kappa shape index (κ2) is 5.70. The topological polar surface area (TPSA) is 21.6 Å². The number of rotatable bonds is 2. The Morgan fingerprint density at radius 1 is 1.14 bits per heavy atom. The number of benzene rings is 2. The summed E-state index contributed by atoms with van der Waals surface area (Å²) in [4.78, 5) is 3.77. The van der Waals surface area contributed by atoms with E-state index >= 15 is 0 Å².